The Hall–Kier alpha value is -2.34. The first kappa shape index (κ1) is 12.7. The second kappa shape index (κ2) is 5.34. The van der Waals surface area contributed by atoms with Gasteiger partial charge in [-0.2, -0.15) is 5.26 Å². The Kier molecular flexibility index (Phi) is 3.39. The lowest BCUT2D eigenvalue weighted by Gasteiger charge is -2.37. The third kappa shape index (κ3) is 2.37. The molecule has 1 fully saturated rings. The van der Waals surface area contributed by atoms with Crippen molar-refractivity contribution in [3.05, 3.63) is 65.5 Å². The molecular weight excluding hydrogens is 251 g/mol. The van der Waals surface area contributed by atoms with Crippen LogP contribution in [0.3, 0.4) is 0 Å². The van der Waals surface area contributed by atoms with Crippen molar-refractivity contribution in [2.45, 2.75) is 24.8 Å². The Morgan fingerprint density at radius 1 is 1.05 bits per heavy atom. The van der Waals surface area contributed by atoms with Gasteiger partial charge in [-0.15, -0.1) is 0 Å². The van der Waals surface area contributed by atoms with Gasteiger partial charge in [0, 0.05) is 6.04 Å². The van der Waals surface area contributed by atoms with Gasteiger partial charge in [-0.1, -0.05) is 30.3 Å². The number of rotatable bonds is 3. The van der Waals surface area contributed by atoms with Gasteiger partial charge in [0.1, 0.15) is 11.9 Å². The molecule has 0 aromatic heterocycles. The predicted molar refractivity (Wildman–Crippen MR) is 76.9 cm³/mol. The van der Waals surface area contributed by atoms with Gasteiger partial charge < -0.3 is 5.32 Å². The zero-order valence-electron chi connectivity index (χ0n) is 11.0. The highest BCUT2D eigenvalue weighted by molar-refractivity contribution is 5.58. The van der Waals surface area contributed by atoms with Gasteiger partial charge in [-0.3, -0.25) is 0 Å². The first-order valence-electron chi connectivity index (χ1n) is 6.78. The molecule has 0 heterocycles. The highest BCUT2D eigenvalue weighted by Crippen LogP contribution is 2.39. The lowest BCUT2D eigenvalue weighted by molar-refractivity contribution is 0.363. The van der Waals surface area contributed by atoms with Gasteiger partial charge in [0.15, 0.2) is 0 Å². The van der Waals surface area contributed by atoms with Gasteiger partial charge in [0.25, 0.3) is 0 Å². The molecule has 1 N–H and O–H groups in total. The molecule has 3 heteroatoms. The summed E-state index contributed by atoms with van der Waals surface area (Å²) >= 11 is 0. The van der Waals surface area contributed by atoms with Crippen molar-refractivity contribution in [1.82, 2.24) is 0 Å². The average Bonchev–Trinajstić information content (AvgIpc) is 2.44. The Morgan fingerprint density at radius 3 is 2.50 bits per heavy atom. The maximum atomic E-state index is 13.7. The van der Waals surface area contributed by atoms with Crippen molar-refractivity contribution in [2.24, 2.45) is 0 Å². The monoisotopic (exact) mass is 266 g/mol. The van der Waals surface area contributed by atoms with Crippen molar-refractivity contribution in [3.63, 3.8) is 0 Å². The Morgan fingerprint density at radius 2 is 1.75 bits per heavy atom. The van der Waals surface area contributed by atoms with E-state index in [0.717, 1.165) is 24.1 Å². The van der Waals surface area contributed by atoms with Crippen LogP contribution in [0, 0.1) is 17.1 Å². The molecule has 2 aromatic rings. The summed E-state index contributed by atoms with van der Waals surface area (Å²) in [6.07, 6.45) is 1.81. The number of para-hydroxylation sites is 1. The summed E-state index contributed by atoms with van der Waals surface area (Å²) in [6, 6.07) is 16.9. The molecular formula is C17H15FN2. The third-order valence-corrected chi connectivity index (χ3v) is 3.89. The summed E-state index contributed by atoms with van der Waals surface area (Å²) in [4.78, 5) is 0. The van der Waals surface area contributed by atoms with Crippen LogP contribution in [-0.2, 0) is 0 Å². The molecule has 1 aliphatic carbocycles. The van der Waals surface area contributed by atoms with Crippen LogP contribution in [0.25, 0.3) is 0 Å². The first-order chi connectivity index (χ1) is 9.78. The van der Waals surface area contributed by atoms with Crippen LogP contribution >= 0.6 is 0 Å². The first-order valence-corrected chi connectivity index (χ1v) is 6.78. The van der Waals surface area contributed by atoms with Gasteiger partial charge in [-0.05, 0) is 42.5 Å². The zero-order valence-corrected chi connectivity index (χ0v) is 11.0. The molecule has 100 valence electrons. The normalized spacial score (nSPS) is 20.8. The summed E-state index contributed by atoms with van der Waals surface area (Å²) in [5.74, 6) is 0.163. The highest BCUT2D eigenvalue weighted by atomic mass is 19.1. The lowest BCUT2D eigenvalue weighted by atomic mass is 9.75. The molecule has 0 spiro atoms. The van der Waals surface area contributed by atoms with E-state index in [1.807, 2.05) is 30.3 Å². The van der Waals surface area contributed by atoms with Crippen molar-refractivity contribution >= 4 is 5.69 Å². The molecule has 2 aromatic carbocycles. The molecule has 0 radical (unpaired) electrons. The minimum atomic E-state index is -0.117. The maximum Gasteiger partial charge on any atom is 0.126 e. The number of nitriles is 1. The van der Waals surface area contributed by atoms with E-state index in [0.29, 0.717) is 11.6 Å². The summed E-state index contributed by atoms with van der Waals surface area (Å²) in [7, 11) is 0. The number of hydrogen-bond donors (Lipinski definition) is 1. The molecule has 0 aliphatic heterocycles. The summed E-state index contributed by atoms with van der Waals surface area (Å²) < 4.78 is 13.7. The quantitative estimate of drug-likeness (QED) is 0.909. The molecule has 2 nitrogen and oxygen atoms in total. The van der Waals surface area contributed by atoms with Crippen LogP contribution in [0.1, 0.15) is 29.9 Å². The number of nitrogens with one attached hydrogen (secondary N) is 1. The highest BCUT2D eigenvalue weighted by Gasteiger charge is 2.32. The van der Waals surface area contributed by atoms with Crippen LogP contribution in [0.2, 0.25) is 0 Å². The molecule has 0 unspecified atom stereocenters. The van der Waals surface area contributed by atoms with Crippen LogP contribution in [-0.4, -0.2) is 6.04 Å². The van der Waals surface area contributed by atoms with Gasteiger partial charge >= 0.3 is 0 Å². The van der Waals surface area contributed by atoms with Crippen LogP contribution in [0.15, 0.2) is 48.5 Å². The largest absolute Gasteiger partial charge is 0.381 e. The second-order valence-electron chi connectivity index (χ2n) is 5.19. The van der Waals surface area contributed by atoms with Crippen LogP contribution < -0.4 is 5.32 Å². The van der Waals surface area contributed by atoms with Gasteiger partial charge in [0.2, 0.25) is 0 Å². The van der Waals surface area contributed by atoms with E-state index < -0.39 is 0 Å². The molecule has 0 bridgehead atoms. The fraction of sp³-hybridized carbons (Fsp3) is 0.235. The van der Waals surface area contributed by atoms with Crippen molar-refractivity contribution in [3.8, 4) is 6.07 Å². The van der Waals surface area contributed by atoms with E-state index in [1.165, 1.54) is 6.07 Å². The molecule has 0 atom stereocenters. The molecule has 1 aliphatic rings. The van der Waals surface area contributed by atoms with Gasteiger partial charge in [0.05, 0.1) is 11.3 Å². The van der Waals surface area contributed by atoms with Crippen molar-refractivity contribution in [2.75, 3.05) is 5.32 Å². The average molecular weight is 266 g/mol. The summed E-state index contributed by atoms with van der Waals surface area (Å²) in [5.41, 5.74) is 2.33. The molecule has 0 saturated heterocycles. The van der Waals surface area contributed by atoms with E-state index >= 15 is 0 Å². The van der Waals surface area contributed by atoms with Crippen molar-refractivity contribution < 1.29 is 4.39 Å². The smallest absolute Gasteiger partial charge is 0.126 e. The number of anilines is 1. The number of halogens is 1. The van der Waals surface area contributed by atoms with E-state index in [1.54, 1.807) is 12.1 Å². The van der Waals surface area contributed by atoms with E-state index in [-0.39, 0.29) is 11.7 Å². The third-order valence-electron chi connectivity index (χ3n) is 3.89. The SMILES string of the molecule is N#Cc1ccccc1NC1CC(c2ccccc2F)C1. The fourth-order valence-corrected chi connectivity index (χ4v) is 2.72. The topological polar surface area (TPSA) is 35.8 Å². The van der Waals surface area contributed by atoms with Crippen LogP contribution in [0.4, 0.5) is 10.1 Å². The van der Waals surface area contributed by atoms with Crippen LogP contribution in [0.5, 0.6) is 0 Å². The Bertz CT molecular complexity index is 654. The predicted octanol–water partition coefficient (Wildman–Crippen LogP) is 4.06. The number of benzene rings is 2. The zero-order chi connectivity index (χ0) is 13.9. The van der Waals surface area contributed by atoms with Crippen molar-refractivity contribution in [1.29, 1.82) is 5.26 Å². The summed E-state index contributed by atoms with van der Waals surface area (Å²) in [6.45, 7) is 0. The number of hydrogen-bond acceptors (Lipinski definition) is 2. The molecule has 20 heavy (non-hydrogen) atoms. The minimum Gasteiger partial charge on any atom is -0.381 e. The Balaban J connectivity index is 1.64. The van der Waals surface area contributed by atoms with E-state index in [9.17, 15) is 4.39 Å². The molecule has 1 saturated carbocycles. The Labute approximate surface area is 117 Å². The van der Waals surface area contributed by atoms with Gasteiger partial charge in [-0.25, -0.2) is 4.39 Å². The molecule has 0 amide bonds. The van der Waals surface area contributed by atoms with E-state index in [4.69, 9.17) is 5.26 Å². The second-order valence-corrected chi connectivity index (χ2v) is 5.19. The lowest BCUT2D eigenvalue weighted by Crippen LogP contribution is -2.34. The fourth-order valence-electron chi connectivity index (χ4n) is 2.72. The molecule has 3 rings (SSSR count). The summed E-state index contributed by atoms with van der Waals surface area (Å²) in [5, 5.41) is 12.4. The standard InChI is InChI=1S/C17H15FN2/c18-16-7-3-2-6-15(16)13-9-14(10-13)20-17-8-4-1-5-12(17)11-19/h1-8,13-14,20H,9-10H2. The number of nitrogens with zero attached hydrogens (tertiary/aromatic N) is 1. The maximum absolute atomic E-state index is 13.7. The minimum absolute atomic E-state index is 0.117. The van der Waals surface area contributed by atoms with E-state index in [2.05, 4.69) is 11.4 Å².